The summed E-state index contributed by atoms with van der Waals surface area (Å²) in [4.78, 5) is 16.1. The van der Waals surface area contributed by atoms with E-state index in [0.717, 1.165) is 32.7 Å². The zero-order chi connectivity index (χ0) is 14.5. The molecule has 4 nitrogen and oxygen atoms in total. The summed E-state index contributed by atoms with van der Waals surface area (Å²) < 4.78 is 0. The maximum atomic E-state index is 11.3. The number of amides is 1. The molecule has 1 amide bonds. The predicted octanol–water partition coefficient (Wildman–Crippen LogP) is 1.18. The number of nitrogens with zero attached hydrogens (tertiary/aromatic N) is 2. The summed E-state index contributed by atoms with van der Waals surface area (Å²) in [7, 11) is 0. The first-order valence-corrected chi connectivity index (χ1v) is 7.30. The number of carbonyl (C=O) groups excluding carboxylic acids is 1. The second-order valence-electron chi connectivity index (χ2n) is 5.19. The highest BCUT2D eigenvalue weighted by molar-refractivity contribution is 7.80. The predicted molar refractivity (Wildman–Crippen MR) is 84.5 cm³/mol. The van der Waals surface area contributed by atoms with Gasteiger partial charge in [0, 0.05) is 46.1 Å². The highest BCUT2D eigenvalue weighted by Gasteiger charge is 2.19. The first kappa shape index (κ1) is 14.9. The van der Waals surface area contributed by atoms with Gasteiger partial charge in [0.05, 0.1) is 4.99 Å². The molecule has 0 bridgehead atoms. The molecule has 0 aromatic heterocycles. The van der Waals surface area contributed by atoms with Crippen LogP contribution in [0.5, 0.6) is 0 Å². The van der Waals surface area contributed by atoms with E-state index in [1.54, 1.807) is 6.92 Å². The van der Waals surface area contributed by atoms with Gasteiger partial charge in [-0.15, -0.1) is 0 Å². The van der Waals surface area contributed by atoms with Gasteiger partial charge in [0.1, 0.15) is 0 Å². The van der Waals surface area contributed by atoms with Gasteiger partial charge in [0.25, 0.3) is 0 Å². The molecule has 1 aromatic carbocycles. The van der Waals surface area contributed by atoms with Gasteiger partial charge < -0.3 is 10.6 Å². The molecular formula is C15H21N3OS. The Morgan fingerprint density at radius 2 is 1.80 bits per heavy atom. The molecule has 5 heteroatoms. The molecule has 0 aliphatic carbocycles. The molecule has 1 saturated heterocycles. The summed E-state index contributed by atoms with van der Waals surface area (Å²) in [6.07, 6.45) is 0.652. The number of hydrogen-bond acceptors (Lipinski definition) is 3. The smallest absolute Gasteiger partial charge is 0.219 e. The van der Waals surface area contributed by atoms with Crippen LogP contribution >= 0.6 is 12.2 Å². The van der Waals surface area contributed by atoms with Gasteiger partial charge in [0.15, 0.2) is 0 Å². The van der Waals surface area contributed by atoms with Gasteiger partial charge in [-0.05, 0) is 11.1 Å². The zero-order valence-corrected chi connectivity index (χ0v) is 12.7. The Bertz CT molecular complexity index is 496. The Kier molecular flexibility index (Phi) is 5.09. The maximum absolute atomic E-state index is 11.3. The molecule has 20 heavy (non-hydrogen) atoms. The van der Waals surface area contributed by atoms with Gasteiger partial charge in [0.2, 0.25) is 5.91 Å². The molecule has 0 spiro atoms. The summed E-state index contributed by atoms with van der Waals surface area (Å²) in [5.74, 6) is 0.165. The van der Waals surface area contributed by atoms with E-state index in [-0.39, 0.29) is 5.91 Å². The summed E-state index contributed by atoms with van der Waals surface area (Å²) in [6, 6.07) is 8.28. The van der Waals surface area contributed by atoms with Crippen LogP contribution in [-0.4, -0.2) is 46.9 Å². The molecule has 1 heterocycles. The third-order valence-corrected chi connectivity index (χ3v) is 3.84. The normalized spacial score (nSPS) is 16.1. The number of nitrogens with two attached hydrogens (primary N) is 1. The lowest BCUT2D eigenvalue weighted by atomic mass is 10.0. The Morgan fingerprint density at radius 1 is 1.20 bits per heavy atom. The minimum absolute atomic E-state index is 0.165. The Labute approximate surface area is 125 Å². The van der Waals surface area contributed by atoms with Crippen LogP contribution in [0.4, 0.5) is 0 Å². The third-order valence-electron chi connectivity index (χ3n) is 3.69. The highest BCUT2D eigenvalue weighted by atomic mass is 32.1. The second kappa shape index (κ2) is 6.81. The fourth-order valence-electron chi connectivity index (χ4n) is 2.53. The molecular weight excluding hydrogens is 270 g/mol. The molecule has 0 saturated carbocycles. The number of thiocarbonyl (C=S) groups is 1. The second-order valence-corrected chi connectivity index (χ2v) is 5.72. The number of benzene rings is 1. The lowest BCUT2D eigenvalue weighted by Crippen LogP contribution is -2.47. The van der Waals surface area contributed by atoms with Crippen molar-refractivity contribution in [2.24, 2.45) is 5.73 Å². The summed E-state index contributed by atoms with van der Waals surface area (Å²) in [5, 5.41) is 0. The average molecular weight is 291 g/mol. The zero-order valence-electron chi connectivity index (χ0n) is 11.8. The van der Waals surface area contributed by atoms with Crippen molar-refractivity contribution in [1.82, 2.24) is 9.80 Å². The SMILES string of the molecule is CC(=O)N1CCN(Cc2ccccc2CC(N)=S)CC1. The van der Waals surface area contributed by atoms with E-state index in [0.29, 0.717) is 11.4 Å². The van der Waals surface area contributed by atoms with Crippen LogP contribution in [0.15, 0.2) is 24.3 Å². The number of carbonyl (C=O) groups is 1. The van der Waals surface area contributed by atoms with Crippen molar-refractivity contribution in [3.63, 3.8) is 0 Å². The monoisotopic (exact) mass is 291 g/mol. The summed E-state index contributed by atoms with van der Waals surface area (Å²) in [6.45, 7) is 5.99. The van der Waals surface area contributed by atoms with Crippen molar-refractivity contribution in [2.45, 2.75) is 19.9 Å². The number of hydrogen-bond donors (Lipinski definition) is 1. The molecule has 2 rings (SSSR count). The molecule has 2 N–H and O–H groups in total. The van der Waals surface area contributed by atoms with Crippen LogP contribution < -0.4 is 5.73 Å². The molecule has 0 radical (unpaired) electrons. The van der Waals surface area contributed by atoms with Gasteiger partial charge in [-0.1, -0.05) is 36.5 Å². The average Bonchev–Trinajstić information content (AvgIpc) is 2.41. The first-order chi connectivity index (χ1) is 9.56. The van der Waals surface area contributed by atoms with Crippen molar-refractivity contribution in [2.75, 3.05) is 26.2 Å². The first-order valence-electron chi connectivity index (χ1n) is 6.89. The topological polar surface area (TPSA) is 49.6 Å². The Balaban J connectivity index is 1.97. The molecule has 0 atom stereocenters. The number of piperazine rings is 1. The van der Waals surface area contributed by atoms with Crippen LogP contribution in [0.25, 0.3) is 0 Å². The van der Waals surface area contributed by atoms with E-state index in [4.69, 9.17) is 18.0 Å². The van der Waals surface area contributed by atoms with Crippen LogP contribution in [0.2, 0.25) is 0 Å². The quantitative estimate of drug-likeness (QED) is 0.846. The van der Waals surface area contributed by atoms with E-state index in [9.17, 15) is 4.79 Å². The highest BCUT2D eigenvalue weighted by Crippen LogP contribution is 2.14. The maximum Gasteiger partial charge on any atom is 0.219 e. The fourth-order valence-corrected chi connectivity index (χ4v) is 2.69. The van der Waals surface area contributed by atoms with Crippen molar-refractivity contribution >= 4 is 23.1 Å². The summed E-state index contributed by atoms with van der Waals surface area (Å²) in [5.41, 5.74) is 8.13. The minimum atomic E-state index is 0.165. The van der Waals surface area contributed by atoms with Crippen molar-refractivity contribution in [1.29, 1.82) is 0 Å². The third kappa shape index (κ3) is 4.02. The lowest BCUT2D eigenvalue weighted by molar-refractivity contribution is -0.130. The van der Waals surface area contributed by atoms with E-state index in [1.165, 1.54) is 11.1 Å². The standard InChI is InChI=1S/C15H21N3OS/c1-12(19)18-8-6-17(7-9-18)11-14-5-3-2-4-13(14)10-15(16)20/h2-5H,6-11H2,1H3,(H2,16,20). The van der Waals surface area contributed by atoms with E-state index >= 15 is 0 Å². The van der Waals surface area contributed by atoms with Crippen molar-refractivity contribution < 1.29 is 4.79 Å². The van der Waals surface area contributed by atoms with Crippen LogP contribution in [-0.2, 0) is 17.8 Å². The van der Waals surface area contributed by atoms with Crippen molar-refractivity contribution in [3.05, 3.63) is 35.4 Å². The Morgan fingerprint density at radius 3 is 2.35 bits per heavy atom. The lowest BCUT2D eigenvalue weighted by Gasteiger charge is -2.34. The van der Waals surface area contributed by atoms with Crippen LogP contribution in [0.3, 0.4) is 0 Å². The summed E-state index contributed by atoms with van der Waals surface area (Å²) >= 11 is 5.01. The van der Waals surface area contributed by atoms with Gasteiger partial charge >= 0.3 is 0 Å². The molecule has 0 unspecified atom stereocenters. The minimum Gasteiger partial charge on any atom is -0.393 e. The fraction of sp³-hybridized carbons (Fsp3) is 0.467. The van der Waals surface area contributed by atoms with Crippen molar-refractivity contribution in [3.8, 4) is 0 Å². The van der Waals surface area contributed by atoms with Crippen LogP contribution in [0, 0.1) is 0 Å². The van der Waals surface area contributed by atoms with E-state index in [2.05, 4.69) is 17.0 Å². The van der Waals surface area contributed by atoms with E-state index in [1.807, 2.05) is 17.0 Å². The molecule has 1 aliphatic rings. The molecule has 1 aliphatic heterocycles. The van der Waals surface area contributed by atoms with Gasteiger partial charge in [-0.25, -0.2) is 0 Å². The molecule has 1 aromatic rings. The Hall–Kier alpha value is -1.46. The van der Waals surface area contributed by atoms with Gasteiger partial charge in [-0.3, -0.25) is 9.69 Å². The molecule has 108 valence electrons. The largest absolute Gasteiger partial charge is 0.393 e. The van der Waals surface area contributed by atoms with E-state index < -0.39 is 0 Å². The van der Waals surface area contributed by atoms with Crippen LogP contribution in [0.1, 0.15) is 18.1 Å². The molecule has 1 fully saturated rings. The van der Waals surface area contributed by atoms with Gasteiger partial charge in [-0.2, -0.15) is 0 Å². The number of rotatable bonds is 4.